The van der Waals surface area contributed by atoms with Crippen molar-refractivity contribution in [3.05, 3.63) is 65.1 Å². The van der Waals surface area contributed by atoms with Gasteiger partial charge in [0.05, 0.1) is 37.2 Å². The third-order valence-electron chi connectivity index (χ3n) is 7.63. The van der Waals surface area contributed by atoms with Crippen LogP contribution in [0.4, 0.5) is 18.9 Å². The first-order chi connectivity index (χ1) is 18.7. The average molecular weight is 542 g/mol. The average Bonchev–Trinajstić information content (AvgIpc) is 2.94. The highest BCUT2D eigenvalue weighted by molar-refractivity contribution is 5.88. The van der Waals surface area contributed by atoms with Crippen LogP contribution in [0.3, 0.4) is 0 Å². The van der Waals surface area contributed by atoms with Gasteiger partial charge in [0.2, 0.25) is 0 Å². The highest BCUT2D eigenvalue weighted by Crippen LogP contribution is 2.41. The molecular formula is C30H34F3N3O3. The zero-order valence-corrected chi connectivity index (χ0v) is 22.5. The summed E-state index contributed by atoms with van der Waals surface area (Å²) in [4.78, 5) is 8.59. The highest BCUT2D eigenvalue weighted by Gasteiger charge is 2.34. The molecule has 1 aliphatic heterocycles. The lowest BCUT2D eigenvalue weighted by Gasteiger charge is -2.40. The van der Waals surface area contributed by atoms with Gasteiger partial charge in [-0.25, -0.2) is 13.2 Å². The standard InChI is InChI=1S/C30H34F3N3O3/c1-35(2)26-18-34-25-7-6-21(39-3)17-22(25)28(26)27(38)8-9-30(19-37)10-13-36(14-11-30)12-4-5-20-15-23(31)29(33)24(32)16-20/h6-7,15-18,27,37-38H,8-14,19H2,1-3H3/t27-/m0/s1. The molecule has 208 valence electrons. The second kappa shape index (κ2) is 12.2. The molecule has 1 saturated heterocycles. The van der Waals surface area contributed by atoms with Crippen LogP contribution in [0.1, 0.15) is 42.9 Å². The van der Waals surface area contributed by atoms with Crippen molar-refractivity contribution in [1.29, 1.82) is 0 Å². The topological polar surface area (TPSA) is 69.1 Å². The van der Waals surface area contributed by atoms with E-state index in [1.54, 1.807) is 13.3 Å². The van der Waals surface area contributed by atoms with Crippen LogP contribution in [0.2, 0.25) is 0 Å². The number of fused-ring (bicyclic) bond motifs is 1. The van der Waals surface area contributed by atoms with Crippen molar-refractivity contribution >= 4 is 16.6 Å². The summed E-state index contributed by atoms with van der Waals surface area (Å²) >= 11 is 0. The minimum atomic E-state index is -1.50. The molecule has 39 heavy (non-hydrogen) atoms. The maximum Gasteiger partial charge on any atom is 0.194 e. The van der Waals surface area contributed by atoms with Gasteiger partial charge in [-0.1, -0.05) is 11.8 Å². The fourth-order valence-electron chi connectivity index (χ4n) is 5.16. The van der Waals surface area contributed by atoms with E-state index >= 15 is 0 Å². The number of pyridine rings is 1. The third-order valence-corrected chi connectivity index (χ3v) is 7.63. The van der Waals surface area contributed by atoms with Crippen LogP contribution in [-0.2, 0) is 0 Å². The minimum absolute atomic E-state index is 0.0127. The van der Waals surface area contributed by atoms with Crippen LogP contribution < -0.4 is 9.64 Å². The molecule has 1 aliphatic rings. The number of ether oxygens (including phenoxy) is 1. The number of hydrogen-bond donors (Lipinski definition) is 2. The Morgan fingerprint density at radius 2 is 1.82 bits per heavy atom. The van der Waals surface area contributed by atoms with Gasteiger partial charge in [0.15, 0.2) is 17.5 Å². The van der Waals surface area contributed by atoms with Gasteiger partial charge in [0, 0.05) is 37.2 Å². The molecule has 1 fully saturated rings. The summed E-state index contributed by atoms with van der Waals surface area (Å²) in [6.07, 6.45) is 3.57. The number of methoxy groups -OCH3 is 1. The van der Waals surface area contributed by atoms with Crippen molar-refractivity contribution < 1.29 is 28.1 Å². The fraction of sp³-hybridized carbons (Fsp3) is 0.433. The molecule has 3 aromatic rings. The van der Waals surface area contributed by atoms with Crippen LogP contribution in [0.5, 0.6) is 5.75 Å². The van der Waals surface area contributed by atoms with Gasteiger partial charge in [-0.3, -0.25) is 9.88 Å². The lowest BCUT2D eigenvalue weighted by atomic mass is 9.74. The quantitative estimate of drug-likeness (QED) is 0.319. The summed E-state index contributed by atoms with van der Waals surface area (Å²) in [6.45, 7) is 1.78. The van der Waals surface area contributed by atoms with E-state index in [4.69, 9.17) is 4.74 Å². The van der Waals surface area contributed by atoms with Gasteiger partial charge in [-0.05, 0) is 74.5 Å². The fourth-order valence-corrected chi connectivity index (χ4v) is 5.16. The normalized spacial score (nSPS) is 16.0. The van der Waals surface area contributed by atoms with Gasteiger partial charge in [-0.2, -0.15) is 0 Å². The summed E-state index contributed by atoms with van der Waals surface area (Å²) < 4.78 is 45.4. The maximum absolute atomic E-state index is 13.4. The van der Waals surface area contributed by atoms with Crippen LogP contribution in [-0.4, -0.2) is 67.5 Å². The van der Waals surface area contributed by atoms with Crippen LogP contribution in [0.25, 0.3) is 10.9 Å². The Bertz CT molecular complexity index is 1360. The Hall–Kier alpha value is -3.32. The molecule has 6 nitrogen and oxygen atoms in total. The molecule has 0 unspecified atom stereocenters. The highest BCUT2D eigenvalue weighted by atomic mass is 19.2. The zero-order chi connectivity index (χ0) is 28.2. The number of anilines is 1. The van der Waals surface area contributed by atoms with Crippen molar-refractivity contribution in [1.82, 2.24) is 9.88 Å². The van der Waals surface area contributed by atoms with Gasteiger partial charge in [0.25, 0.3) is 0 Å². The molecule has 1 atom stereocenters. The summed E-state index contributed by atoms with van der Waals surface area (Å²) in [5.41, 5.74) is 2.15. The first kappa shape index (κ1) is 28.7. The Morgan fingerprint density at radius 3 is 2.44 bits per heavy atom. The van der Waals surface area contributed by atoms with Crippen molar-refractivity contribution in [3.63, 3.8) is 0 Å². The number of hydrogen-bond acceptors (Lipinski definition) is 6. The number of halogens is 3. The van der Waals surface area contributed by atoms with E-state index in [1.807, 2.05) is 37.2 Å². The van der Waals surface area contributed by atoms with E-state index in [0.717, 1.165) is 47.1 Å². The first-order valence-electron chi connectivity index (χ1n) is 12.9. The summed E-state index contributed by atoms with van der Waals surface area (Å²) in [6, 6.07) is 7.38. The van der Waals surface area contributed by atoms with Crippen LogP contribution in [0, 0.1) is 34.7 Å². The van der Waals surface area contributed by atoms with E-state index in [9.17, 15) is 23.4 Å². The number of likely N-dealkylation sites (tertiary alicyclic amines) is 1. The Morgan fingerprint density at radius 1 is 1.13 bits per heavy atom. The Kier molecular flexibility index (Phi) is 9.01. The smallest absolute Gasteiger partial charge is 0.194 e. The lowest BCUT2D eigenvalue weighted by Crippen LogP contribution is -2.42. The van der Waals surface area contributed by atoms with Gasteiger partial charge < -0.3 is 19.8 Å². The molecule has 9 heteroatoms. The summed E-state index contributed by atoms with van der Waals surface area (Å²) in [7, 11) is 5.43. The minimum Gasteiger partial charge on any atom is -0.497 e. The number of piperidine rings is 1. The predicted octanol–water partition coefficient (Wildman–Crippen LogP) is 4.67. The number of nitrogens with zero attached hydrogens (tertiary/aromatic N) is 3. The van der Waals surface area contributed by atoms with Crippen molar-refractivity contribution in [2.24, 2.45) is 5.41 Å². The zero-order valence-electron chi connectivity index (χ0n) is 22.5. The molecule has 0 bridgehead atoms. The number of aliphatic hydroxyl groups is 2. The van der Waals surface area contributed by atoms with Crippen molar-refractivity contribution in [2.45, 2.75) is 31.8 Å². The van der Waals surface area contributed by atoms with E-state index in [-0.39, 0.29) is 17.6 Å². The molecule has 2 N–H and O–H groups in total. The summed E-state index contributed by atoms with van der Waals surface area (Å²) in [5.74, 6) is 2.26. The maximum atomic E-state index is 13.4. The molecule has 0 amide bonds. The Labute approximate surface area is 227 Å². The van der Waals surface area contributed by atoms with Crippen molar-refractivity contribution in [3.8, 4) is 17.6 Å². The lowest BCUT2D eigenvalue weighted by molar-refractivity contribution is 0.0274. The third kappa shape index (κ3) is 6.47. The van der Waals surface area contributed by atoms with Gasteiger partial charge >= 0.3 is 0 Å². The number of rotatable bonds is 8. The molecule has 4 rings (SSSR count). The molecule has 2 heterocycles. The van der Waals surface area contributed by atoms with Crippen molar-refractivity contribution in [2.75, 3.05) is 52.3 Å². The van der Waals surface area contributed by atoms with E-state index in [0.29, 0.717) is 38.2 Å². The van der Waals surface area contributed by atoms with Gasteiger partial charge in [0.1, 0.15) is 5.75 Å². The first-order valence-corrected chi connectivity index (χ1v) is 12.9. The van der Waals surface area contributed by atoms with Gasteiger partial charge in [-0.15, -0.1) is 0 Å². The monoisotopic (exact) mass is 541 g/mol. The van der Waals surface area contributed by atoms with Crippen LogP contribution >= 0.6 is 0 Å². The molecule has 0 spiro atoms. The largest absolute Gasteiger partial charge is 0.497 e. The summed E-state index contributed by atoms with van der Waals surface area (Å²) in [5, 5.41) is 22.6. The number of aromatic nitrogens is 1. The molecule has 2 aromatic carbocycles. The molecule has 0 saturated carbocycles. The van der Waals surface area contributed by atoms with E-state index in [2.05, 4.69) is 21.7 Å². The van der Waals surface area contributed by atoms with Crippen LogP contribution in [0.15, 0.2) is 36.5 Å². The van der Waals surface area contributed by atoms with E-state index in [1.165, 1.54) is 0 Å². The SMILES string of the molecule is COc1ccc2ncc(N(C)C)c([C@@H](O)CCC3(CO)CCN(CC#Cc4cc(F)c(F)c(F)c4)CC3)c2c1. The second-order valence-corrected chi connectivity index (χ2v) is 10.4. The molecule has 0 radical (unpaired) electrons. The Balaban J connectivity index is 1.42. The number of aliphatic hydroxyl groups excluding tert-OH is 2. The van der Waals surface area contributed by atoms with E-state index < -0.39 is 23.6 Å². The molecular weight excluding hydrogens is 507 g/mol. The predicted molar refractivity (Wildman–Crippen MR) is 145 cm³/mol. The number of benzene rings is 2. The molecule has 1 aromatic heterocycles. The molecule has 0 aliphatic carbocycles. The second-order valence-electron chi connectivity index (χ2n) is 10.4.